The van der Waals surface area contributed by atoms with Crippen LogP contribution in [0.15, 0.2) is 30.3 Å². The molecule has 4 rings (SSSR count). The number of methoxy groups -OCH3 is 1. The predicted octanol–water partition coefficient (Wildman–Crippen LogP) is 1.94. The Balaban J connectivity index is 1.55. The van der Waals surface area contributed by atoms with Gasteiger partial charge in [-0.25, -0.2) is 0 Å². The van der Waals surface area contributed by atoms with E-state index in [2.05, 4.69) is 31.2 Å². The summed E-state index contributed by atoms with van der Waals surface area (Å²) in [5.74, 6) is 0.0995. The number of aliphatic hydroxyl groups excluding tert-OH is 1. The Morgan fingerprint density at radius 3 is 2.68 bits per heavy atom. The number of hydrogen-bond acceptors (Lipinski definition) is 4. The van der Waals surface area contributed by atoms with Gasteiger partial charge < -0.3 is 19.3 Å². The van der Waals surface area contributed by atoms with Crippen molar-refractivity contribution < 1.29 is 19.3 Å². The summed E-state index contributed by atoms with van der Waals surface area (Å²) in [5.41, 5.74) is 0.876. The van der Waals surface area contributed by atoms with E-state index in [0.29, 0.717) is 0 Å². The molecule has 2 heterocycles. The minimum Gasteiger partial charge on any atom is -0.390 e. The molecule has 1 aliphatic carbocycles. The van der Waals surface area contributed by atoms with Crippen LogP contribution < -0.4 is 0 Å². The van der Waals surface area contributed by atoms with Gasteiger partial charge in [-0.2, -0.15) is 0 Å². The summed E-state index contributed by atoms with van der Waals surface area (Å²) in [5, 5.41) is 10.3. The Morgan fingerprint density at radius 2 is 2.05 bits per heavy atom. The molecular weight excluding hydrogens is 280 g/mol. The maximum absolute atomic E-state index is 10.3. The molecule has 3 aliphatic rings. The van der Waals surface area contributed by atoms with E-state index in [-0.39, 0.29) is 29.3 Å². The smallest absolute Gasteiger partial charge is 0.101 e. The van der Waals surface area contributed by atoms with E-state index in [1.165, 1.54) is 5.56 Å². The molecule has 1 spiro atoms. The number of benzene rings is 1. The minimum absolute atomic E-state index is 0.0995. The molecule has 4 nitrogen and oxygen atoms in total. The number of hydrogen-bond donors (Lipinski definition) is 1. The van der Waals surface area contributed by atoms with Crippen molar-refractivity contribution in [1.82, 2.24) is 0 Å². The maximum Gasteiger partial charge on any atom is 0.101 e. The molecule has 3 fully saturated rings. The van der Waals surface area contributed by atoms with E-state index in [4.69, 9.17) is 14.2 Å². The summed E-state index contributed by atoms with van der Waals surface area (Å²) in [6, 6.07) is 10.4. The molecule has 22 heavy (non-hydrogen) atoms. The van der Waals surface area contributed by atoms with Crippen molar-refractivity contribution in [2.24, 2.45) is 5.92 Å². The van der Waals surface area contributed by atoms with Crippen LogP contribution in [0.1, 0.15) is 25.3 Å². The first-order valence-corrected chi connectivity index (χ1v) is 8.16. The molecule has 0 bridgehead atoms. The van der Waals surface area contributed by atoms with Gasteiger partial charge in [0.1, 0.15) is 5.60 Å². The molecule has 2 aliphatic heterocycles. The Kier molecular flexibility index (Phi) is 3.35. The van der Waals surface area contributed by atoms with E-state index >= 15 is 0 Å². The monoisotopic (exact) mass is 304 g/mol. The summed E-state index contributed by atoms with van der Waals surface area (Å²) in [6.07, 6.45) is 2.08. The van der Waals surface area contributed by atoms with Gasteiger partial charge in [0.25, 0.3) is 0 Å². The third-order valence-electron chi connectivity index (χ3n) is 5.78. The quantitative estimate of drug-likeness (QED) is 0.864. The molecule has 1 aromatic rings. The van der Waals surface area contributed by atoms with Gasteiger partial charge >= 0.3 is 0 Å². The van der Waals surface area contributed by atoms with E-state index in [0.717, 1.165) is 25.9 Å². The Morgan fingerprint density at radius 1 is 1.32 bits per heavy atom. The van der Waals surface area contributed by atoms with Crippen LogP contribution in [0.5, 0.6) is 0 Å². The molecule has 0 amide bonds. The Bertz CT molecular complexity index is 541. The van der Waals surface area contributed by atoms with Gasteiger partial charge in [-0.1, -0.05) is 30.3 Å². The van der Waals surface area contributed by atoms with Crippen LogP contribution in [0.3, 0.4) is 0 Å². The molecule has 0 aromatic heterocycles. The van der Waals surface area contributed by atoms with Crippen molar-refractivity contribution in [3.05, 3.63) is 35.9 Å². The van der Waals surface area contributed by atoms with Gasteiger partial charge in [0.2, 0.25) is 0 Å². The van der Waals surface area contributed by atoms with Crippen LogP contribution in [0.2, 0.25) is 0 Å². The number of aliphatic hydroxyl groups is 1. The summed E-state index contributed by atoms with van der Waals surface area (Å²) in [7, 11) is 1.68. The van der Waals surface area contributed by atoms with Crippen molar-refractivity contribution in [2.45, 2.75) is 55.7 Å². The Hall–Kier alpha value is -0.940. The average molecular weight is 304 g/mol. The highest BCUT2D eigenvalue weighted by molar-refractivity contribution is 5.24. The van der Waals surface area contributed by atoms with E-state index in [1.54, 1.807) is 7.11 Å². The van der Waals surface area contributed by atoms with Crippen LogP contribution in [0, 0.1) is 5.92 Å². The van der Waals surface area contributed by atoms with Gasteiger partial charge in [-0.05, 0) is 25.3 Å². The highest BCUT2D eigenvalue weighted by Gasteiger charge is 2.71. The standard InChI is InChI=1S/C18H24O4/c1-17(14(22-17)10-12-6-4-3-5-7-12)16-15(20-2)13(19)8-9-18(16)11-21-18/h3-7,13-16,19H,8-11H2,1-2H3/t13-,14-,15-,16-,17+,18+/m1/s1. The van der Waals surface area contributed by atoms with E-state index < -0.39 is 6.10 Å². The second-order valence-electron chi connectivity index (χ2n) is 7.12. The average Bonchev–Trinajstić information content (AvgIpc) is 3.42. The predicted molar refractivity (Wildman–Crippen MR) is 81.6 cm³/mol. The third-order valence-corrected chi connectivity index (χ3v) is 5.78. The maximum atomic E-state index is 10.3. The lowest BCUT2D eigenvalue weighted by atomic mass is 9.68. The molecule has 1 aromatic carbocycles. The molecule has 4 heteroatoms. The van der Waals surface area contributed by atoms with Crippen molar-refractivity contribution >= 4 is 0 Å². The lowest BCUT2D eigenvalue weighted by molar-refractivity contribution is -0.116. The number of ether oxygens (including phenoxy) is 3. The SMILES string of the molecule is CO[C@@H]1[C@H](O)CC[C@]2(CO2)[C@H]1[C@@]1(C)O[C@@H]1Cc1ccccc1. The molecule has 2 saturated heterocycles. The topological polar surface area (TPSA) is 54.5 Å². The zero-order valence-corrected chi connectivity index (χ0v) is 13.2. The summed E-state index contributed by atoms with van der Waals surface area (Å²) < 4.78 is 17.6. The van der Waals surface area contributed by atoms with Crippen LogP contribution >= 0.6 is 0 Å². The highest BCUT2D eigenvalue weighted by atomic mass is 16.6. The van der Waals surface area contributed by atoms with Gasteiger partial charge in [0.05, 0.1) is 36.4 Å². The first-order chi connectivity index (χ1) is 10.6. The highest BCUT2D eigenvalue weighted by Crippen LogP contribution is 2.59. The lowest BCUT2D eigenvalue weighted by Gasteiger charge is -2.41. The van der Waals surface area contributed by atoms with E-state index in [1.807, 2.05) is 6.07 Å². The second-order valence-corrected chi connectivity index (χ2v) is 7.12. The first-order valence-electron chi connectivity index (χ1n) is 8.16. The van der Waals surface area contributed by atoms with E-state index in [9.17, 15) is 5.11 Å². The normalized spacial score (nSPS) is 46.7. The van der Waals surface area contributed by atoms with Crippen molar-refractivity contribution in [1.29, 1.82) is 0 Å². The summed E-state index contributed by atoms with van der Waals surface area (Å²) in [6.45, 7) is 2.92. The summed E-state index contributed by atoms with van der Waals surface area (Å²) in [4.78, 5) is 0. The third kappa shape index (κ3) is 2.21. The summed E-state index contributed by atoms with van der Waals surface area (Å²) >= 11 is 0. The molecule has 6 atom stereocenters. The van der Waals surface area contributed by atoms with Crippen molar-refractivity contribution in [3.8, 4) is 0 Å². The Labute approximate surface area is 131 Å². The van der Waals surface area contributed by atoms with Crippen molar-refractivity contribution in [2.75, 3.05) is 13.7 Å². The zero-order chi connectivity index (χ0) is 15.4. The van der Waals surface area contributed by atoms with Gasteiger partial charge in [-0.15, -0.1) is 0 Å². The molecule has 1 N–H and O–H groups in total. The van der Waals surface area contributed by atoms with Gasteiger partial charge in [0.15, 0.2) is 0 Å². The minimum atomic E-state index is -0.428. The van der Waals surface area contributed by atoms with Gasteiger partial charge in [0, 0.05) is 13.5 Å². The molecule has 120 valence electrons. The number of rotatable bonds is 4. The fraction of sp³-hybridized carbons (Fsp3) is 0.667. The van der Waals surface area contributed by atoms with Crippen molar-refractivity contribution in [3.63, 3.8) is 0 Å². The van der Waals surface area contributed by atoms with Crippen LogP contribution in [-0.4, -0.2) is 48.3 Å². The van der Waals surface area contributed by atoms with Crippen LogP contribution in [-0.2, 0) is 20.6 Å². The fourth-order valence-electron chi connectivity index (χ4n) is 4.41. The molecule has 1 saturated carbocycles. The first kappa shape index (κ1) is 14.6. The largest absolute Gasteiger partial charge is 0.390 e. The molecule has 0 radical (unpaired) electrons. The molecule has 0 unspecified atom stereocenters. The van der Waals surface area contributed by atoms with Gasteiger partial charge in [-0.3, -0.25) is 0 Å². The second kappa shape index (κ2) is 5.03. The van der Waals surface area contributed by atoms with Crippen LogP contribution in [0.4, 0.5) is 0 Å². The lowest BCUT2D eigenvalue weighted by Crippen LogP contribution is -2.54. The molecular formula is C18H24O4. The van der Waals surface area contributed by atoms with Crippen LogP contribution in [0.25, 0.3) is 0 Å². The zero-order valence-electron chi connectivity index (χ0n) is 13.2. The number of epoxide rings is 2. The fourth-order valence-corrected chi connectivity index (χ4v) is 4.41.